The molecule has 5 heterocycles. The van der Waals surface area contributed by atoms with E-state index < -0.39 is 16.1 Å². The van der Waals surface area contributed by atoms with Crippen molar-refractivity contribution in [2.24, 2.45) is 10.8 Å². The first-order valence-electron chi connectivity index (χ1n) is 10.4. The van der Waals surface area contributed by atoms with Crippen LogP contribution in [0.1, 0.15) is 48.0 Å². The fourth-order valence-electron chi connectivity index (χ4n) is 5.76. The number of hydrogen-bond acceptors (Lipinski definition) is 2. The summed E-state index contributed by atoms with van der Waals surface area (Å²) in [6.45, 7) is 14.1. The van der Waals surface area contributed by atoms with Crippen molar-refractivity contribution < 1.29 is 9.32 Å². The number of allylic oxidation sites excluding steroid dienone is 9. The van der Waals surface area contributed by atoms with E-state index in [4.69, 9.17) is 4.52 Å². The summed E-state index contributed by atoms with van der Waals surface area (Å²) in [6.07, 6.45) is 16.9. The maximum atomic E-state index is 13.6. The number of Topliss-reactive ketones (excluding diaryl/α,β-unsaturated/α-hetero) is 1. The lowest BCUT2D eigenvalue weighted by molar-refractivity contribution is -0.117. The second-order valence-electron chi connectivity index (χ2n) is 10.6. The van der Waals surface area contributed by atoms with Crippen molar-refractivity contribution in [2.45, 2.75) is 69.8 Å². The molecule has 1 aliphatic carbocycles. The molecule has 4 heteroatoms. The van der Waals surface area contributed by atoms with Crippen molar-refractivity contribution >= 4 is 21.9 Å². The molecule has 0 aromatic carbocycles. The lowest BCUT2D eigenvalue weighted by atomic mass is 9.82. The normalized spacial score (nSPS) is 40.9. The molecule has 3 unspecified atom stereocenters. The summed E-state index contributed by atoms with van der Waals surface area (Å²) in [6, 6.07) is 0. The quantitative estimate of drug-likeness (QED) is 0.329. The molecular formula is C24H30O2P2. The first kappa shape index (κ1) is 19.0. The van der Waals surface area contributed by atoms with Crippen molar-refractivity contribution in [2.75, 3.05) is 0 Å². The number of ketones is 1. The Morgan fingerprint density at radius 3 is 2.36 bits per heavy atom. The van der Waals surface area contributed by atoms with Gasteiger partial charge in [-0.1, -0.05) is 91.5 Å². The Labute approximate surface area is 171 Å². The van der Waals surface area contributed by atoms with E-state index in [9.17, 15) is 4.79 Å². The van der Waals surface area contributed by atoms with Crippen molar-refractivity contribution in [3.63, 3.8) is 0 Å². The minimum atomic E-state index is -0.935. The van der Waals surface area contributed by atoms with E-state index in [1.807, 2.05) is 0 Å². The zero-order valence-corrected chi connectivity index (χ0v) is 19.5. The molecule has 0 aromatic rings. The molecule has 0 amide bonds. The van der Waals surface area contributed by atoms with E-state index in [1.54, 1.807) is 0 Å². The molecule has 0 spiro atoms. The molecule has 6 aliphatic rings. The van der Waals surface area contributed by atoms with Gasteiger partial charge in [-0.25, -0.2) is 0 Å². The van der Waals surface area contributed by atoms with Gasteiger partial charge in [-0.3, -0.25) is 4.79 Å². The molecular weight excluding hydrogens is 382 g/mol. The number of carbonyl (C=O) groups is 1. The highest BCUT2D eigenvalue weighted by atomic mass is 31.2. The van der Waals surface area contributed by atoms with Gasteiger partial charge in [0.1, 0.15) is 13.9 Å². The van der Waals surface area contributed by atoms with E-state index in [0.717, 1.165) is 12.2 Å². The van der Waals surface area contributed by atoms with Gasteiger partial charge >= 0.3 is 0 Å². The van der Waals surface area contributed by atoms with Gasteiger partial charge in [-0.05, 0) is 23.3 Å². The Balaban J connectivity index is 1.82. The lowest BCUT2D eigenvalue weighted by Crippen LogP contribution is -2.49. The Hall–Kier alpha value is -0.970. The van der Waals surface area contributed by atoms with Gasteiger partial charge in [-0.15, -0.1) is 0 Å². The minimum absolute atomic E-state index is 0.0344. The van der Waals surface area contributed by atoms with Crippen molar-refractivity contribution in [3.8, 4) is 0 Å². The lowest BCUT2D eigenvalue weighted by Gasteiger charge is -2.56. The minimum Gasteiger partial charge on any atom is -0.471 e. The maximum absolute atomic E-state index is 13.6. The molecule has 6 atom stereocenters. The van der Waals surface area contributed by atoms with E-state index >= 15 is 0 Å². The van der Waals surface area contributed by atoms with Crippen LogP contribution in [0.25, 0.3) is 0 Å². The Morgan fingerprint density at radius 1 is 1.00 bits per heavy atom. The molecule has 5 aliphatic heterocycles. The van der Waals surface area contributed by atoms with Crippen LogP contribution in [-0.4, -0.2) is 27.7 Å². The largest absolute Gasteiger partial charge is 0.471 e. The molecule has 0 radical (unpaired) electrons. The zero-order valence-electron chi connectivity index (χ0n) is 17.7. The molecule has 0 N–H and O–H groups in total. The molecule has 6 rings (SSSR count). The Bertz CT molecular complexity index is 906. The van der Waals surface area contributed by atoms with E-state index in [1.165, 1.54) is 11.1 Å². The molecule has 0 aromatic heterocycles. The predicted molar refractivity (Wildman–Crippen MR) is 120 cm³/mol. The SMILES string of the molecule is CC(C)(C)C1=C[C@H]2C(=O)[C@H]3C=CC1P3[C@]1(C(C)(C)C)C3=C(C=CCC=C3)OP21. The summed E-state index contributed by atoms with van der Waals surface area (Å²) in [5.41, 5.74) is 3.33. The summed E-state index contributed by atoms with van der Waals surface area (Å²) in [5.74, 6) is 1.45. The standard InChI is InChI=1S/C24H30O2P2/c1-22(2,3)16-14-20-21(25)19-13-12-18(16)27(19)24(23(4,5)6)15-10-8-7-9-11-17(15)26-28(20)24/h8-14,18-20H,7H2,1-6H3/t18?,19-,20+,24-,27?,28?/m1/s1. The highest BCUT2D eigenvalue weighted by Gasteiger charge is 2.72. The highest BCUT2D eigenvalue weighted by Crippen LogP contribution is 2.89. The van der Waals surface area contributed by atoms with E-state index in [2.05, 4.69) is 84.1 Å². The van der Waals surface area contributed by atoms with Crippen LogP contribution in [0.5, 0.6) is 0 Å². The van der Waals surface area contributed by atoms with Crippen molar-refractivity contribution in [3.05, 3.63) is 59.4 Å². The first-order valence-corrected chi connectivity index (χ1v) is 13.2. The van der Waals surface area contributed by atoms with Crippen molar-refractivity contribution in [1.82, 2.24) is 0 Å². The van der Waals surface area contributed by atoms with Crippen LogP contribution in [0.2, 0.25) is 0 Å². The molecule has 0 saturated carbocycles. The fourth-order valence-corrected chi connectivity index (χ4v) is 15.0. The molecule has 28 heavy (non-hydrogen) atoms. The number of carbonyl (C=O) groups excluding carboxylic acids is 1. The summed E-state index contributed by atoms with van der Waals surface area (Å²) in [4.78, 5) is 13.6. The second-order valence-corrected chi connectivity index (χ2v) is 15.6. The van der Waals surface area contributed by atoms with E-state index in [-0.39, 0.29) is 27.0 Å². The third kappa shape index (κ3) is 2.20. The van der Waals surface area contributed by atoms with Crippen molar-refractivity contribution in [1.29, 1.82) is 0 Å². The maximum Gasteiger partial charge on any atom is 0.158 e. The van der Waals surface area contributed by atoms with Crippen LogP contribution in [0, 0.1) is 10.8 Å². The number of hydrogen-bond donors (Lipinski definition) is 0. The van der Waals surface area contributed by atoms with Gasteiger partial charge in [0.25, 0.3) is 0 Å². The average molecular weight is 412 g/mol. The van der Waals surface area contributed by atoms with E-state index in [0.29, 0.717) is 11.4 Å². The fraction of sp³-hybridized carbons (Fsp3) is 0.542. The van der Waals surface area contributed by atoms with Crippen LogP contribution in [-0.2, 0) is 9.32 Å². The summed E-state index contributed by atoms with van der Waals surface area (Å²) >= 11 is 0. The van der Waals surface area contributed by atoms with Gasteiger partial charge in [-0.2, -0.15) is 0 Å². The predicted octanol–water partition coefficient (Wildman–Crippen LogP) is 6.65. The summed E-state index contributed by atoms with van der Waals surface area (Å²) in [7, 11) is -1.56. The first-order chi connectivity index (χ1) is 13.1. The molecule has 148 valence electrons. The monoisotopic (exact) mass is 412 g/mol. The van der Waals surface area contributed by atoms with Crippen LogP contribution in [0.15, 0.2) is 59.4 Å². The number of rotatable bonds is 0. The van der Waals surface area contributed by atoms with Gasteiger partial charge in [0.15, 0.2) is 5.78 Å². The van der Waals surface area contributed by atoms with Gasteiger partial charge in [0.2, 0.25) is 0 Å². The molecule has 1 saturated heterocycles. The molecule has 4 bridgehead atoms. The van der Waals surface area contributed by atoms with Crippen LogP contribution < -0.4 is 0 Å². The van der Waals surface area contributed by atoms with Crippen LogP contribution in [0.4, 0.5) is 0 Å². The topological polar surface area (TPSA) is 26.3 Å². The Kier molecular flexibility index (Phi) is 3.94. The van der Waals surface area contributed by atoms with Crippen LogP contribution in [0.3, 0.4) is 0 Å². The van der Waals surface area contributed by atoms with Gasteiger partial charge in [0, 0.05) is 11.2 Å². The summed E-state index contributed by atoms with van der Waals surface area (Å²) < 4.78 is 6.78. The third-order valence-corrected chi connectivity index (χ3v) is 14.7. The smallest absolute Gasteiger partial charge is 0.158 e. The Morgan fingerprint density at radius 2 is 1.68 bits per heavy atom. The van der Waals surface area contributed by atoms with Gasteiger partial charge < -0.3 is 4.52 Å². The average Bonchev–Trinajstić information content (AvgIpc) is 2.96. The van der Waals surface area contributed by atoms with Crippen LogP contribution >= 0.6 is 16.1 Å². The van der Waals surface area contributed by atoms with Gasteiger partial charge in [0.05, 0.1) is 16.2 Å². The molecule has 1 fully saturated rings. The second kappa shape index (κ2) is 5.80. The third-order valence-electron chi connectivity index (χ3n) is 6.83. The highest BCUT2D eigenvalue weighted by molar-refractivity contribution is 7.80. The molecule has 2 nitrogen and oxygen atoms in total. The summed E-state index contributed by atoms with van der Waals surface area (Å²) in [5, 5.41) is 0. The zero-order chi connectivity index (χ0) is 20.1.